The maximum Gasteiger partial charge on any atom is 0.252 e. The largest absolute Gasteiger partial charge is 0.355 e. The van der Waals surface area contributed by atoms with Crippen molar-refractivity contribution < 1.29 is 17.7 Å². The second-order valence-corrected chi connectivity index (χ2v) is 9.76. The number of nitrogens with one attached hydrogen (secondary N) is 1. The van der Waals surface area contributed by atoms with Crippen molar-refractivity contribution >= 4 is 27.3 Å². The van der Waals surface area contributed by atoms with Gasteiger partial charge in [0.15, 0.2) is 5.76 Å². The monoisotopic (exact) mass is 395 g/mol. The van der Waals surface area contributed by atoms with Crippen LogP contribution < -0.4 is 5.32 Å². The molecule has 0 radical (unpaired) electrons. The van der Waals surface area contributed by atoms with Crippen LogP contribution in [0.2, 0.25) is 0 Å². The minimum atomic E-state index is -3.60. The lowest BCUT2D eigenvalue weighted by molar-refractivity contribution is -0.118. The Bertz CT molecular complexity index is 877. The molecule has 1 aliphatic heterocycles. The van der Waals surface area contributed by atoms with E-state index in [1.807, 2.05) is 13.8 Å². The van der Waals surface area contributed by atoms with Crippen LogP contribution in [0.15, 0.2) is 45.8 Å². The lowest BCUT2D eigenvalue weighted by atomic mass is 9.87. The van der Waals surface area contributed by atoms with Crippen LogP contribution in [-0.2, 0) is 14.8 Å². The van der Waals surface area contributed by atoms with E-state index in [2.05, 4.69) is 17.1 Å². The first-order chi connectivity index (χ1) is 12.3. The molecule has 1 fully saturated rings. The highest BCUT2D eigenvalue weighted by atomic mass is 32.2. The molecule has 0 spiro atoms. The average molecular weight is 396 g/mol. The number of hydrogen-bond acceptors (Lipinski definition) is 6. The standard InChI is InChI=1S/C17H21N3O4S2/c1-4-15(21)19-17-11(2)9-20(10-12(17)3)26(22,23)16-6-5-14(25-16)13-7-8-18-24-13/h4-8,11-12,17H,1,9-10H2,2-3H3,(H,19,21). The molecule has 0 saturated carbocycles. The van der Waals surface area contributed by atoms with E-state index in [9.17, 15) is 13.2 Å². The summed E-state index contributed by atoms with van der Waals surface area (Å²) in [7, 11) is -3.60. The fourth-order valence-corrected chi connectivity index (χ4v) is 6.33. The number of carbonyl (C=O) groups is 1. The summed E-state index contributed by atoms with van der Waals surface area (Å²) in [5.41, 5.74) is 0. The lowest BCUT2D eigenvalue weighted by Gasteiger charge is -2.40. The van der Waals surface area contributed by atoms with Gasteiger partial charge in [0, 0.05) is 25.2 Å². The van der Waals surface area contributed by atoms with E-state index >= 15 is 0 Å². The average Bonchev–Trinajstić information content (AvgIpc) is 3.28. The van der Waals surface area contributed by atoms with Crippen molar-refractivity contribution in [3.63, 3.8) is 0 Å². The van der Waals surface area contributed by atoms with Gasteiger partial charge in [0.25, 0.3) is 10.0 Å². The van der Waals surface area contributed by atoms with Gasteiger partial charge in [0.05, 0.1) is 11.1 Å². The summed E-state index contributed by atoms with van der Waals surface area (Å²) in [5, 5.41) is 6.56. The zero-order valence-corrected chi connectivity index (χ0v) is 16.2. The number of aromatic nitrogens is 1. The van der Waals surface area contributed by atoms with E-state index in [4.69, 9.17) is 4.52 Å². The van der Waals surface area contributed by atoms with Gasteiger partial charge in [-0.2, -0.15) is 4.31 Å². The molecule has 2 atom stereocenters. The Labute approximate surface area is 156 Å². The summed E-state index contributed by atoms with van der Waals surface area (Å²) in [6.07, 6.45) is 2.76. The second kappa shape index (κ2) is 7.34. The molecule has 0 aliphatic carbocycles. The van der Waals surface area contributed by atoms with Crippen LogP contribution in [0.4, 0.5) is 0 Å². The number of rotatable bonds is 5. The lowest BCUT2D eigenvalue weighted by Crippen LogP contribution is -2.55. The highest BCUT2D eigenvalue weighted by Gasteiger charge is 2.38. The molecule has 2 unspecified atom stereocenters. The number of carbonyl (C=O) groups excluding carboxylic acids is 1. The van der Waals surface area contributed by atoms with Gasteiger partial charge in [-0.1, -0.05) is 25.6 Å². The molecule has 2 aromatic heterocycles. The van der Waals surface area contributed by atoms with Gasteiger partial charge in [-0.25, -0.2) is 8.42 Å². The zero-order chi connectivity index (χ0) is 18.9. The van der Waals surface area contributed by atoms with Crippen LogP contribution in [0.5, 0.6) is 0 Å². The number of hydrogen-bond donors (Lipinski definition) is 1. The third-order valence-corrected chi connectivity index (χ3v) is 7.96. The van der Waals surface area contributed by atoms with Crippen LogP contribution in [0, 0.1) is 11.8 Å². The van der Waals surface area contributed by atoms with Gasteiger partial charge in [-0.3, -0.25) is 4.79 Å². The minimum absolute atomic E-state index is 0.00821. The molecule has 3 heterocycles. The molecular weight excluding hydrogens is 374 g/mol. The number of thiophene rings is 1. The first-order valence-corrected chi connectivity index (χ1v) is 10.5. The van der Waals surface area contributed by atoms with Crippen LogP contribution >= 0.6 is 11.3 Å². The van der Waals surface area contributed by atoms with Gasteiger partial charge < -0.3 is 9.84 Å². The van der Waals surface area contributed by atoms with Crippen molar-refractivity contribution in [2.24, 2.45) is 11.8 Å². The van der Waals surface area contributed by atoms with E-state index in [0.717, 1.165) is 16.2 Å². The predicted octanol–water partition coefficient (Wildman–Crippen LogP) is 2.35. The maximum atomic E-state index is 13.0. The molecule has 3 rings (SSSR count). The number of piperidine rings is 1. The zero-order valence-electron chi connectivity index (χ0n) is 14.6. The fourth-order valence-electron chi connectivity index (χ4n) is 3.27. The highest BCUT2D eigenvalue weighted by molar-refractivity contribution is 7.91. The third kappa shape index (κ3) is 3.60. The van der Waals surface area contributed by atoms with Crippen molar-refractivity contribution in [3.8, 4) is 10.6 Å². The fraction of sp³-hybridized carbons (Fsp3) is 0.412. The number of sulfonamides is 1. The van der Waals surface area contributed by atoms with E-state index in [-0.39, 0.29) is 28.0 Å². The van der Waals surface area contributed by atoms with Crippen LogP contribution in [0.3, 0.4) is 0 Å². The summed E-state index contributed by atoms with van der Waals surface area (Å²) >= 11 is 1.16. The summed E-state index contributed by atoms with van der Waals surface area (Å²) in [6, 6.07) is 4.93. The Morgan fingerprint density at radius 3 is 2.62 bits per heavy atom. The Morgan fingerprint density at radius 1 is 1.35 bits per heavy atom. The summed E-state index contributed by atoms with van der Waals surface area (Å²) in [5.74, 6) is 0.293. The predicted molar refractivity (Wildman–Crippen MR) is 99.0 cm³/mol. The van der Waals surface area contributed by atoms with Crippen molar-refractivity contribution in [2.75, 3.05) is 13.1 Å². The van der Waals surface area contributed by atoms with Gasteiger partial charge in [-0.05, 0) is 30.0 Å². The normalized spacial score (nSPS) is 24.3. The van der Waals surface area contributed by atoms with Crippen molar-refractivity contribution in [2.45, 2.75) is 24.1 Å². The Morgan fingerprint density at radius 2 is 2.04 bits per heavy atom. The summed E-state index contributed by atoms with van der Waals surface area (Å²) < 4.78 is 32.9. The molecular formula is C17H21N3O4S2. The van der Waals surface area contributed by atoms with Gasteiger partial charge >= 0.3 is 0 Å². The van der Waals surface area contributed by atoms with Crippen molar-refractivity contribution in [1.29, 1.82) is 0 Å². The Balaban J connectivity index is 1.78. The van der Waals surface area contributed by atoms with Gasteiger partial charge in [0.1, 0.15) is 4.21 Å². The highest BCUT2D eigenvalue weighted by Crippen LogP contribution is 2.34. The molecule has 0 bridgehead atoms. The third-order valence-electron chi connectivity index (χ3n) is 4.56. The molecule has 1 saturated heterocycles. The van der Waals surface area contributed by atoms with E-state index in [1.165, 1.54) is 16.6 Å². The van der Waals surface area contributed by atoms with Crippen LogP contribution in [-0.4, -0.2) is 42.9 Å². The van der Waals surface area contributed by atoms with Gasteiger partial charge in [0.2, 0.25) is 5.91 Å². The SMILES string of the molecule is C=CC(=O)NC1C(C)CN(S(=O)(=O)c2ccc(-c3ccno3)s2)CC1C. The van der Waals surface area contributed by atoms with Crippen LogP contribution in [0.25, 0.3) is 10.6 Å². The van der Waals surface area contributed by atoms with Crippen molar-refractivity contribution in [3.05, 3.63) is 37.1 Å². The Kier molecular flexibility index (Phi) is 5.31. The van der Waals surface area contributed by atoms with Crippen molar-refractivity contribution in [1.82, 2.24) is 14.8 Å². The van der Waals surface area contributed by atoms with Gasteiger partial charge in [-0.15, -0.1) is 11.3 Å². The second-order valence-electron chi connectivity index (χ2n) is 6.51. The number of nitrogens with zero attached hydrogens (tertiary/aromatic N) is 2. The molecule has 140 valence electrons. The molecule has 26 heavy (non-hydrogen) atoms. The smallest absolute Gasteiger partial charge is 0.252 e. The maximum absolute atomic E-state index is 13.0. The first-order valence-electron chi connectivity index (χ1n) is 8.27. The molecule has 2 aromatic rings. The Hall–Kier alpha value is -1.97. The molecule has 9 heteroatoms. The first kappa shape index (κ1) is 18.8. The topological polar surface area (TPSA) is 92.5 Å². The molecule has 7 nitrogen and oxygen atoms in total. The van der Waals surface area contributed by atoms with E-state index < -0.39 is 10.0 Å². The summed E-state index contributed by atoms with van der Waals surface area (Å²) in [6.45, 7) is 8.06. The number of amides is 1. The molecule has 0 aromatic carbocycles. The quantitative estimate of drug-likeness (QED) is 0.785. The van der Waals surface area contributed by atoms with E-state index in [0.29, 0.717) is 18.8 Å². The molecule has 1 N–H and O–H groups in total. The molecule has 1 amide bonds. The van der Waals surface area contributed by atoms with Crippen LogP contribution in [0.1, 0.15) is 13.8 Å². The summed E-state index contributed by atoms with van der Waals surface area (Å²) in [4.78, 5) is 12.3. The molecule has 1 aliphatic rings. The van der Waals surface area contributed by atoms with E-state index in [1.54, 1.807) is 18.2 Å². The minimum Gasteiger partial charge on any atom is -0.355 e.